The highest BCUT2D eigenvalue weighted by atomic mass is 35.5. The van der Waals surface area contributed by atoms with E-state index in [-0.39, 0.29) is 18.3 Å². The molecular weight excluding hydrogens is 300 g/mol. The predicted molar refractivity (Wildman–Crippen MR) is 91.5 cm³/mol. The molecule has 1 fully saturated rings. The second-order valence-electron chi connectivity index (χ2n) is 5.60. The Morgan fingerprint density at radius 2 is 2.09 bits per heavy atom. The van der Waals surface area contributed by atoms with Crippen molar-refractivity contribution >= 4 is 18.3 Å². The van der Waals surface area contributed by atoms with Crippen LogP contribution in [0.3, 0.4) is 0 Å². The molecule has 1 N–H and O–H groups in total. The number of hydrogen-bond donors (Lipinski definition) is 1. The van der Waals surface area contributed by atoms with E-state index in [1.807, 2.05) is 30.1 Å². The molecule has 0 bridgehead atoms. The van der Waals surface area contributed by atoms with E-state index in [9.17, 15) is 4.79 Å². The van der Waals surface area contributed by atoms with E-state index in [2.05, 4.69) is 17.4 Å². The van der Waals surface area contributed by atoms with Gasteiger partial charge in [-0.25, -0.2) is 0 Å². The molecule has 1 unspecified atom stereocenters. The van der Waals surface area contributed by atoms with Crippen LogP contribution < -0.4 is 5.32 Å². The summed E-state index contributed by atoms with van der Waals surface area (Å²) in [6.07, 6.45) is 3.38. The molecule has 1 aromatic carbocycles. The fourth-order valence-electron chi connectivity index (χ4n) is 2.61. The van der Waals surface area contributed by atoms with Gasteiger partial charge in [0.05, 0.1) is 6.61 Å². The Balaban J connectivity index is 0.00000242. The van der Waals surface area contributed by atoms with Crippen LogP contribution in [0.4, 0.5) is 0 Å². The molecule has 1 heterocycles. The fourth-order valence-corrected chi connectivity index (χ4v) is 2.61. The Labute approximate surface area is 139 Å². The van der Waals surface area contributed by atoms with Crippen LogP contribution in [0, 0.1) is 0 Å². The largest absolute Gasteiger partial charge is 0.381 e. The van der Waals surface area contributed by atoms with Gasteiger partial charge in [0.25, 0.3) is 0 Å². The number of hydrogen-bond acceptors (Lipinski definition) is 3. The molecule has 1 aliphatic heterocycles. The third kappa shape index (κ3) is 6.34. The Bertz CT molecular complexity index is 422. The molecular formula is C17H27ClN2O2. The number of carbonyl (C=O) groups excluding carboxylic acids is 1. The van der Waals surface area contributed by atoms with Crippen molar-refractivity contribution in [3.8, 4) is 0 Å². The highest BCUT2D eigenvalue weighted by Crippen LogP contribution is 2.08. The van der Waals surface area contributed by atoms with Crippen LogP contribution in [0.25, 0.3) is 0 Å². The van der Waals surface area contributed by atoms with E-state index in [0.717, 1.165) is 39.0 Å². The number of halogens is 1. The lowest BCUT2D eigenvalue weighted by Crippen LogP contribution is -2.38. The summed E-state index contributed by atoms with van der Waals surface area (Å²) >= 11 is 0. The van der Waals surface area contributed by atoms with Crippen LogP contribution in [0.15, 0.2) is 30.3 Å². The van der Waals surface area contributed by atoms with Crippen molar-refractivity contribution in [3.05, 3.63) is 35.9 Å². The van der Waals surface area contributed by atoms with E-state index in [1.165, 1.54) is 5.56 Å². The zero-order chi connectivity index (χ0) is 14.9. The Morgan fingerprint density at radius 3 is 2.77 bits per heavy atom. The SMILES string of the molecule is CN(C(=O)CCCOCCc1ccccc1)C1CCNC1.Cl. The van der Waals surface area contributed by atoms with Crippen LogP contribution in [0.1, 0.15) is 24.8 Å². The molecule has 0 aliphatic carbocycles. The molecule has 4 nitrogen and oxygen atoms in total. The first-order chi connectivity index (χ1) is 10.3. The Morgan fingerprint density at radius 1 is 1.32 bits per heavy atom. The quantitative estimate of drug-likeness (QED) is 0.745. The summed E-state index contributed by atoms with van der Waals surface area (Å²) in [5.74, 6) is 0.232. The summed E-state index contributed by atoms with van der Waals surface area (Å²) in [7, 11) is 1.91. The lowest BCUT2D eigenvalue weighted by atomic mass is 10.2. The first-order valence-electron chi connectivity index (χ1n) is 7.85. The molecule has 0 spiro atoms. The zero-order valence-electron chi connectivity index (χ0n) is 13.3. The van der Waals surface area contributed by atoms with Gasteiger partial charge in [-0.2, -0.15) is 0 Å². The maximum Gasteiger partial charge on any atom is 0.222 e. The van der Waals surface area contributed by atoms with Gasteiger partial charge in [0.15, 0.2) is 0 Å². The van der Waals surface area contributed by atoms with Crippen molar-refractivity contribution in [2.75, 3.05) is 33.4 Å². The Kier molecular flexibility index (Phi) is 9.13. The molecule has 1 aliphatic rings. The first-order valence-corrected chi connectivity index (χ1v) is 7.85. The topological polar surface area (TPSA) is 41.6 Å². The van der Waals surface area contributed by atoms with E-state index >= 15 is 0 Å². The number of carbonyl (C=O) groups is 1. The minimum absolute atomic E-state index is 0. The van der Waals surface area contributed by atoms with Gasteiger partial charge >= 0.3 is 0 Å². The average Bonchev–Trinajstić information content (AvgIpc) is 3.05. The minimum Gasteiger partial charge on any atom is -0.381 e. The normalized spacial score (nSPS) is 17.0. The lowest BCUT2D eigenvalue weighted by Gasteiger charge is -2.23. The monoisotopic (exact) mass is 326 g/mol. The van der Waals surface area contributed by atoms with Crippen molar-refractivity contribution in [2.24, 2.45) is 0 Å². The lowest BCUT2D eigenvalue weighted by molar-refractivity contribution is -0.132. The highest BCUT2D eigenvalue weighted by molar-refractivity contribution is 5.85. The number of benzene rings is 1. The second-order valence-corrected chi connectivity index (χ2v) is 5.60. The van der Waals surface area contributed by atoms with Gasteiger partial charge < -0.3 is 15.0 Å². The molecule has 0 saturated carbocycles. The summed E-state index contributed by atoms with van der Waals surface area (Å²) in [6, 6.07) is 10.7. The van der Waals surface area contributed by atoms with Crippen molar-refractivity contribution in [1.82, 2.24) is 10.2 Å². The molecule has 5 heteroatoms. The van der Waals surface area contributed by atoms with Gasteiger partial charge in [-0.3, -0.25) is 4.79 Å². The predicted octanol–water partition coefficient (Wildman–Crippen LogP) is 2.27. The number of nitrogens with one attached hydrogen (secondary N) is 1. The van der Waals surface area contributed by atoms with Crippen LogP contribution in [0.2, 0.25) is 0 Å². The smallest absolute Gasteiger partial charge is 0.222 e. The van der Waals surface area contributed by atoms with E-state index in [4.69, 9.17) is 4.74 Å². The number of nitrogens with zero attached hydrogens (tertiary/aromatic N) is 1. The van der Waals surface area contributed by atoms with Crippen molar-refractivity contribution in [1.29, 1.82) is 0 Å². The van der Waals surface area contributed by atoms with Gasteiger partial charge in [0.2, 0.25) is 5.91 Å². The summed E-state index contributed by atoms with van der Waals surface area (Å²) in [4.78, 5) is 13.9. The molecule has 0 aromatic heterocycles. The highest BCUT2D eigenvalue weighted by Gasteiger charge is 2.22. The van der Waals surface area contributed by atoms with E-state index in [0.29, 0.717) is 19.1 Å². The molecule has 2 rings (SSSR count). The third-order valence-electron chi connectivity index (χ3n) is 4.03. The molecule has 0 radical (unpaired) electrons. The van der Waals surface area contributed by atoms with E-state index < -0.39 is 0 Å². The Hall–Kier alpha value is -1.10. The molecule has 1 atom stereocenters. The summed E-state index contributed by atoms with van der Waals surface area (Å²) < 4.78 is 5.61. The van der Waals surface area contributed by atoms with Crippen molar-refractivity contribution in [3.63, 3.8) is 0 Å². The van der Waals surface area contributed by atoms with E-state index in [1.54, 1.807) is 0 Å². The molecule has 1 amide bonds. The van der Waals surface area contributed by atoms with Gasteiger partial charge in [0.1, 0.15) is 0 Å². The van der Waals surface area contributed by atoms with Gasteiger partial charge in [-0.05, 0) is 31.4 Å². The summed E-state index contributed by atoms with van der Waals surface area (Å²) in [6.45, 7) is 3.33. The summed E-state index contributed by atoms with van der Waals surface area (Å²) in [5.41, 5.74) is 1.29. The number of rotatable bonds is 8. The molecule has 1 aromatic rings. The maximum absolute atomic E-state index is 12.0. The minimum atomic E-state index is 0. The maximum atomic E-state index is 12.0. The summed E-state index contributed by atoms with van der Waals surface area (Å²) in [5, 5.41) is 3.29. The van der Waals surface area contributed by atoms with Gasteiger partial charge in [-0.15, -0.1) is 12.4 Å². The van der Waals surface area contributed by atoms with Crippen LogP contribution >= 0.6 is 12.4 Å². The zero-order valence-corrected chi connectivity index (χ0v) is 14.1. The first kappa shape index (κ1) is 18.9. The molecule has 22 heavy (non-hydrogen) atoms. The van der Waals surface area contributed by atoms with Crippen molar-refractivity contribution < 1.29 is 9.53 Å². The van der Waals surface area contributed by atoms with Crippen molar-refractivity contribution in [2.45, 2.75) is 31.7 Å². The number of ether oxygens (including phenoxy) is 1. The number of amides is 1. The molecule has 124 valence electrons. The fraction of sp³-hybridized carbons (Fsp3) is 0.588. The van der Waals surface area contributed by atoms with Gasteiger partial charge in [0, 0.05) is 32.7 Å². The van der Waals surface area contributed by atoms with Gasteiger partial charge in [-0.1, -0.05) is 30.3 Å². The number of likely N-dealkylation sites (N-methyl/N-ethyl adjacent to an activating group) is 1. The van der Waals surface area contributed by atoms with Crippen LogP contribution in [-0.4, -0.2) is 50.2 Å². The standard InChI is InChI=1S/C17H26N2O2.ClH/c1-19(16-9-11-18-14-16)17(20)8-5-12-21-13-10-15-6-3-2-4-7-15;/h2-4,6-7,16,18H,5,8-14H2,1H3;1H. The molecule has 1 saturated heterocycles. The third-order valence-corrected chi connectivity index (χ3v) is 4.03. The van der Waals surface area contributed by atoms with Crippen LogP contribution in [-0.2, 0) is 16.0 Å². The average molecular weight is 327 g/mol. The second kappa shape index (κ2) is 10.6. The van der Waals surface area contributed by atoms with Crippen LogP contribution in [0.5, 0.6) is 0 Å².